The Morgan fingerprint density at radius 1 is 1.27 bits per heavy atom. The molecule has 0 saturated carbocycles. The highest BCUT2D eigenvalue weighted by Gasteiger charge is 2.08. The van der Waals surface area contributed by atoms with Gasteiger partial charge >= 0.3 is 12.0 Å². The molecule has 3 N–H and O–H groups in total. The average molecular weight is 218 g/mol. The van der Waals surface area contributed by atoms with E-state index in [0.717, 1.165) is 0 Å². The van der Waals surface area contributed by atoms with Gasteiger partial charge in [0.05, 0.1) is 0 Å². The van der Waals surface area contributed by atoms with Crippen molar-refractivity contribution in [3.8, 4) is 0 Å². The molecule has 0 fully saturated rings. The van der Waals surface area contributed by atoms with Gasteiger partial charge in [-0.15, -0.1) is 0 Å². The summed E-state index contributed by atoms with van der Waals surface area (Å²) in [5.74, 6) is -1.86. The van der Waals surface area contributed by atoms with E-state index in [2.05, 4.69) is 10.1 Å². The van der Waals surface area contributed by atoms with Gasteiger partial charge in [-0.3, -0.25) is 10.1 Å². The molecular weight excluding hydrogens is 204 g/mol. The second-order valence-corrected chi connectivity index (χ2v) is 3.06. The molecule has 86 valence electrons. The molecule has 0 unspecified atom stereocenters. The Kier molecular flexibility index (Phi) is 6.03. The number of ether oxygens (including phenoxy) is 1. The molecule has 0 saturated heterocycles. The number of amides is 3. The van der Waals surface area contributed by atoms with Gasteiger partial charge in [0.2, 0.25) is 0 Å². The van der Waals surface area contributed by atoms with Crippen LogP contribution in [0.15, 0.2) is 0 Å². The summed E-state index contributed by atoms with van der Waals surface area (Å²) in [5, 5.41) is 12.6. The fourth-order valence-electron chi connectivity index (χ4n) is 0.692. The van der Waals surface area contributed by atoms with Gasteiger partial charge in [-0.05, 0) is 13.8 Å². The summed E-state index contributed by atoms with van der Waals surface area (Å²) in [6.45, 7) is 2.45. The number of urea groups is 1. The van der Waals surface area contributed by atoms with Crippen LogP contribution in [0.25, 0.3) is 0 Å². The molecule has 0 heterocycles. The maximum Gasteiger partial charge on any atom is 0.329 e. The van der Waals surface area contributed by atoms with Crippen molar-refractivity contribution in [3.63, 3.8) is 0 Å². The molecule has 3 amide bonds. The average Bonchev–Trinajstić information content (AvgIpc) is 2.00. The van der Waals surface area contributed by atoms with E-state index in [1.807, 2.05) is 5.32 Å². The third kappa shape index (κ3) is 8.69. The van der Waals surface area contributed by atoms with Crippen LogP contribution >= 0.6 is 0 Å². The smallest absolute Gasteiger partial charge is 0.329 e. The Labute approximate surface area is 86.8 Å². The third-order valence-electron chi connectivity index (χ3n) is 1.13. The van der Waals surface area contributed by atoms with Gasteiger partial charge in [0.15, 0.2) is 0 Å². The highest BCUT2D eigenvalue weighted by atomic mass is 16.5. The summed E-state index contributed by atoms with van der Waals surface area (Å²) in [6, 6.07) is -0.716. The molecule has 0 aromatic rings. The van der Waals surface area contributed by atoms with Gasteiger partial charge in [0.25, 0.3) is 5.91 Å². The van der Waals surface area contributed by atoms with Crippen LogP contribution in [0.2, 0.25) is 0 Å². The molecule has 0 aliphatic heterocycles. The number of carbonyl (C=O) groups excluding carboxylic acids is 2. The fourth-order valence-corrected chi connectivity index (χ4v) is 0.692. The Balaban J connectivity index is 3.65. The number of hydrogen-bond acceptors (Lipinski definition) is 4. The Morgan fingerprint density at radius 3 is 2.33 bits per heavy atom. The summed E-state index contributed by atoms with van der Waals surface area (Å²) in [7, 11) is 0. The summed E-state index contributed by atoms with van der Waals surface area (Å²) in [5.41, 5.74) is 0. The lowest BCUT2D eigenvalue weighted by atomic mass is 10.4. The van der Waals surface area contributed by atoms with Crippen molar-refractivity contribution in [3.05, 3.63) is 0 Å². The second kappa shape index (κ2) is 6.77. The van der Waals surface area contributed by atoms with Crippen molar-refractivity contribution < 1.29 is 24.2 Å². The van der Waals surface area contributed by atoms with Gasteiger partial charge in [0, 0.05) is 6.04 Å². The van der Waals surface area contributed by atoms with Gasteiger partial charge in [0.1, 0.15) is 13.2 Å². The van der Waals surface area contributed by atoms with Crippen LogP contribution in [-0.2, 0) is 14.3 Å². The predicted molar refractivity (Wildman–Crippen MR) is 50.3 cm³/mol. The molecule has 0 rings (SSSR count). The van der Waals surface area contributed by atoms with E-state index >= 15 is 0 Å². The van der Waals surface area contributed by atoms with Gasteiger partial charge in [-0.2, -0.15) is 0 Å². The summed E-state index contributed by atoms with van der Waals surface area (Å²) < 4.78 is 4.47. The van der Waals surface area contributed by atoms with Crippen LogP contribution in [0.1, 0.15) is 13.8 Å². The first-order valence-corrected chi connectivity index (χ1v) is 4.31. The highest BCUT2D eigenvalue weighted by molar-refractivity contribution is 5.95. The van der Waals surface area contributed by atoms with Crippen LogP contribution in [0.5, 0.6) is 0 Å². The van der Waals surface area contributed by atoms with Crippen LogP contribution in [0, 0.1) is 0 Å². The monoisotopic (exact) mass is 218 g/mol. The van der Waals surface area contributed by atoms with E-state index in [1.54, 1.807) is 13.8 Å². The Morgan fingerprint density at radius 2 is 1.87 bits per heavy atom. The molecule has 7 nitrogen and oxygen atoms in total. The molecule has 0 aromatic carbocycles. The standard InChI is InChI=1S/C8H14N2O5/c1-5(2)9-8(14)10-6(11)3-15-4-7(12)13/h5H,3-4H2,1-2H3,(H,12,13)(H2,9,10,11,14). The fraction of sp³-hybridized carbons (Fsp3) is 0.625. The van der Waals surface area contributed by atoms with Crippen LogP contribution in [0.4, 0.5) is 4.79 Å². The Hall–Kier alpha value is -1.63. The molecule has 15 heavy (non-hydrogen) atoms. The van der Waals surface area contributed by atoms with Crippen LogP contribution in [0.3, 0.4) is 0 Å². The van der Waals surface area contributed by atoms with Crippen molar-refractivity contribution in [1.82, 2.24) is 10.6 Å². The van der Waals surface area contributed by atoms with Gasteiger partial charge in [-0.1, -0.05) is 0 Å². The van der Waals surface area contributed by atoms with E-state index in [-0.39, 0.29) is 6.04 Å². The van der Waals surface area contributed by atoms with E-state index in [4.69, 9.17) is 5.11 Å². The maximum atomic E-state index is 10.9. The van der Waals surface area contributed by atoms with E-state index in [0.29, 0.717) is 0 Å². The molecule has 0 aliphatic rings. The van der Waals surface area contributed by atoms with Gasteiger partial charge in [-0.25, -0.2) is 9.59 Å². The zero-order chi connectivity index (χ0) is 11.8. The van der Waals surface area contributed by atoms with Crippen molar-refractivity contribution in [2.75, 3.05) is 13.2 Å². The first kappa shape index (κ1) is 13.4. The largest absolute Gasteiger partial charge is 0.480 e. The predicted octanol–water partition coefficient (Wildman–Crippen LogP) is -0.678. The highest BCUT2D eigenvalue weighted by Crippen LogP contribution is 1.79. The van der Waals surface area contributed by atoms with E-state index < -0.39 is 31.1 Å². The summed E-state index contributed by atoms with van der Waals surface area (Å²) in [4.78, 5) is 31.9. The molecular formula is C8H14N2O5. The van der Waals surface area contributed by atoms with Crippen LogP contribution in [-0.4, -0.2) is 42.3 Å². The molecule has 7 heteroatoms. The first-order chi connectivity index (χ1) is 6.91. The lowest BCUT2D eigenvalue weighted by Crippen LogP contribution is -2.43. The Bertz CT molecular complexity index is 251. The maximum absolute atomic E-state index is 10.9. The molecule has 0 aromatic heterocycles. The number of carboxylic acids is 1. The molecule has 0 radical (unpaired) electrons. The topological polar surface area (TPSA) is 105 Å². The van der Waals surface area contributed by atoms with Crippen molar-refractivity contribution in [1.29, 1.82) is 0 Å². The minimum atomic E-state index is -1.17. The minimum absolute atomic E-state index is 0.0854. The molecule has 0 aliphatic carbocycles. The number of imide groups is 1. The minimum Gasteiger partial charge on any atom is -0.480 e. The number of rotatable bonds is 5. The number of carboxylic acid groups (broad SMARTS) is 1. The van der Waals surface area contributed by atoms with Crippen molar-refractivity contribution in [2.45, 2.75) is 19.9 Å². The summed E-state index contributed by atoms with van der Waals surface area (Å²) in [6.07, 6.45) is 0. The molecule has 0 spiro atoms. The lowest BCUT2D eigenvalue weighted by molar-refractivity contribution is -0.143. The number of hydrogen-bond donors (Lipinski definition) is 3. The van der Waals surface area contributed by atoms with Crippen molar-refractivity contribution in [2.24, 2.45) is 0 Å². The lowest BCUT2D eigenvalue weighted by Gasteiger charge is -2.08. The van der Waals surface area contributed by atoms with Gasteiger partial charge < -0.3 is 15.2 Å². The number of nitrogens with one attached hydrogen (secondary N) is 2. The van der Waals surface area contributed by atoms with E-state index in [9.17, 15) is 14.4 Å². The first-order valence-electron chi connectivity index (χ1n) is 4.31. The van der Waals surface area contributed by atoms with E-state index in [1.165, 1.54) is 0 Å². The number of aliphatic carboxylic acids is 1. The number of carbonyl (C=O) groups is 3. The zero-order valence-corrected chi connectivity index (χ0v) is 8.57. The SMILES string of the molecule is CC(C)NC(=O)NC(=O)COCC(=O)O. The van der Waals surface area contributed by atoms with Crippen LogP contribution < -0.4 is 10.6 Å². The molecule has 0 atom stereocenters. The summed E-state index contributed by atoms with van der Waals surface area (Å²) >= 11 is 0. The quantitative estimate of drug-likeness (QED) is 0.567. The van der Waals surface area contributed by atoms with Crippen molar-refractivity contribution >= 4 is 17.9 Å². The second-order valence-electron chi connectivity index (χ2n) is 3.06. The third-order valence-corrected chi connectivity index (χ3v) is 1.13. The zero-order valence-electron chi connectivity index (χ0n) is 8.57. The molecule has 0 bridgehead atoms. The normalized spacial score (nSPS) is 9.80.